The van der Waals surface area contributed by atoms with Crippen LogP contribution in [0.4, 0.5) is 10.5 Å². The van der Waals surface area contributed by atoms with Crippen molar-refractivity contribution in [3.05, 3.63) is 45.9 Å². The van der Waals surface area contributed by atoms with Crippen LogP contribution in [0, 0.1) is 6.92 Å². The fraction of sp³-hybridized carbons (Fsp3) is 0.353. The van der Waals surface area contributed by atoms with E-state index in [1.54, 1.807) is 41.8 Å². The summed E-state index contributed by atoms with van der Waals surface area (Å²) in [5.74, 6) is 0.0230. The predicted molar refractivity (Wildman–Crippen MR) is 94.3 cm³/mol. The van der Waals surface area contributed by atoms with Crippen LogP contribution < -0.4 is 10.6 Å². The van der Waals surface area contributed by atoms with E-state index in [1.165, 1.54) is 0 Å². The highest BCUT2D eigenvalue weighted by Gasteiger charge is 2.19. The van der Waals surface area contributed by atoms with E-state index in [2.05, 4.69) is 15.6 Å². The molecule has 0 atom stereocenters. The van der Waals surface area contributed by atoms with Crippen LogP contribution in [0.15, 0.2) is 30.5 Å². The van der Waals surface area contributed by atoms with Crippen molar-refractivity contribution >= 4 is 29.0 Å². The molecular weight excluding hydrogens is 324 g/mol. The Morgan fingerprint density at radius 1 is 1.29 bits per heavy atom. The molecule has 0 radical (unpaired) electrons. The molecular formula is C17H20N4O2S. The number of urea groups is 1. The summed E-state index contributed by atoms with van der Waals surface area (Å²) < 4.78 is 0. The molecule has 1 aromatic carbocycles. The van der Waals surface area contributed by atoms with Gasteiger partial charge in [0.1, 0.15) is 5.01 Å². The van der Waals surface area contributed by atoms with Crippen LogP contribution in [-0.2, 0) is 6.54 Å². The third kappa shape index (κ3) is 4.11. The molecule has 1 saturated heterocycles. The van der Waals surface area contributed by atoms with Gasteiger partial charge in [0.25, 0.3) is 5.91 Å². The third-order valence-electron chi connectivity index (χ3n) is 3.83. The molecule has 0 aliphatic carbocycles. The number of carbonyl (C=O) groups excluding carboxylic acids is 2. The van der Waals surface area contributed by atoms with E-state index < -0.39 is 0 Å². The molecule has 0 bridgehead atoms. The van der Waals surface area contributed by atoms with E-state index in [0.717, 1.165) is 35.8 Å². The van der Waals surface area contributed by atoms with E-state index in [4.69, 9.17) is 0 Å². The van der Waals surface area contributed by atoms with Crippen LogP contribution in [0.25, 0.3) is 0 Å². The smallest absolute Gasteiger partial charge is 0.319 e. The second kappa shape index (κ2) is 7.44. The average Bonchev–Trinajstić information content (AvgIpc) is 3.24. The summed E-state index contributed by atoms with van der Waals surface area (Å²) in [4.78, 5) is 31.5. The molecule has 3 amide bonds. The van der Waals surface area contributed by atoms with E-state index in [9.17, 15) is 9.59 Å². The van der Waals surface area contributed by atoms with Crippen LogP contribution in [0.5, 0.6) is 0 Å². The molecule has 2 N–H and O–H groups in total. The number of benzene rings is 1. The van der Waals surface area contributed by atoms with Gasteiger partial charge in [0, 0.05) is 35.4 Å². The molecule has 1 aliphatic heterocycles. The summed E-state index contributed by atoms with van der Waals surface area (Å²) >= 11 is 1.55. The van der Waals surface area contributed by atoms with Gasteiger partial charge < -0.3 is 15.5 Å². The molecule has 2 aromatic rings. The molecule has 24 heavy (non-hydrogen) atoms. The Balaban J connectivity index is 1.57. The summed E-state index contributed by atoms with van der Waals surface area (Å²) in [6, 6.07) is 6.74. The Morgan fingerprint density at radius 2 is 2.08 bits per heavy atom. The van der Waals surface area contributed by atoms with Crippen molar-refractivity contribution in [1.82, 2.24) is 15.2 Å². The summed E-state index contributed by atoms with van der Waals surface area (Å²) in [5, 5.41) is 6.39. The number of thiazole rings is 1. The van der Waals surface area contributed by atoms with Crippen molar-refractivity contribution in [2.75, 3.05) is 18.4 Å². The molecule has 6 nitrogen and oxygen atoms in total. The lowest BCUT2D eigenvalue weighted by Crippen LogP contribution is -2.29. The molecule has 7 heteroatoms. The highest BCUT2D eigenvalue weighted by Crippen LogP contribution is 2.16. The first-order valence-electron chi connectivity index (χ1n) is 7.97. The zero-order chi connectivity index (χ0) is 16.9. The minimum atomic E-state index is -0.311. The standard InChI is InChI=1S/C17H20N4O2S/c1-12-10-18-15(24-12)11-19-17(23)20-14-6-4-5-13(9-14)16(22)21-7-2-3-8-21/h4-6,9-10H,2-3,7-8,11H2,1H3,(H2,19,20,23). The molecule has 0 spiro atoms. The van der Waals surface area contributed by atoms with Crippen LogP contribution in [-0.4, -0.2) is 34.9 Å². The molecule has 1 aliphatic rings. The predicted octanol–water partition coefficient (Wildman–Crippen LogP) is 3.01. The minimum absolute atomic E-state index is 0.0230. The second-order valence-electron chi connectivity index (χ2n) is 5.75. The Kier molecular flexibility index (Phi) is 5.10. The largest absolute Gasteiger partial charge is 0.339 e. The van der Waals surface area contributed by atoms with Crippen molar-refractivity contribution in [3.63, 3.8) is 0 Å². The number of nitrogens with one attached hydrogen (secondary N) is 2. The average molecular weight is 344 g/mol. The topological polar surface area (TPSA) is 74.3 Å². The fourth-order valence-electron chi connectivity index (χ4n) is 2.65. The monoisotopic (exact) mass is 344 g/mol. The molecule has 2 heterocycles. The number of aromatic nitrogens is 1. The van der Waals surface area contributed by atoms with Crippen LogP contribution in [0.2, 0.25) is 0 Å². The number of amides is 3. The maximum atomic E-state index is 12.4. The van der Waals surface area contributed by atoms with Gasteiger partial charge in [-0.1, -0.05) is 6.07 Å². The van der Waals surface area contributed by atoms with Crippen LogP contribution >= 0.6 is 11.3 Å². The van der Waals surface area contributed by atoms with E-state index >= 15 is 0 Å². The molecule has 1 fully saturated rings. The SMILES string of the molecule is Cc1cnc(CNC(=O)Nc2cccc(C(=O)N3CCCC3)c2)s1. The molecule has 0 saturated carbocycles. The number of nitrogens with zero attached hydrogens (tertiary/aromatic N) is 2. The number of carbonyl (C=O) groups is 2. The van der Waals surface area contributed by atoms with Gasteiger partial charge in [-0.15, -0.1) is 11.3 Å². The number of aryl methyl sites for hydroxylation is 1. The van der Waals surface area contributed by atoms with Crippen molar-refractivity contribution in [2.45, 2.75) is 26.3 Å². The fourth-order valence-corrected chi connectivity index (χ4v) is 3.37. The number of likely N-dealkylation sites (tertiary alicyclic amines) is 1. The summed E-state index contributed by atoms with van der Waals surface area (Å²) in [6.07, 6.45) is 3.90. The molecule has 3 rings (SSSR count). The Bertz CT molecular complexity index is 738. The zero-order valence-corrected chi connectivity index (χ0v) is 14.4. The minimum Gasteiger partial charge on any atom is -0.339 e. The lowest BCUT2D eigenvalue weighted by Gasteiger charge is -2.15. The first kappa shape index (κ1) is 16.4. The number of rotatable bonds is 4. The van der Waals surface area contributed by atoms with Crippen molar-refractivity contribution in [2.24, 2.45) is 0 Å². The van der Waals surface area contributed by atoms with Gasteiger partial charge in [-0.05, 0) is 38.0 Å². The Morgan fingerprint density at radius 3 is 2.79 bits per heavy atom. The summed E-state index contributed by atoms with van der Waals surface area (Å²) in [6.45, 7) is 3.98. The number of anilines is 1. The van der Waals surface area contributed by atoms with Gasteiger partial charge in [0.15, 0.2) is 0 Å². The van der Waals surface area contributed by atoms with E-state index in [0.29, 0.717) is 17.8 Å². The van der Waals surface area contributed by atoms with Gasteiger partial charge in [-0.3, -0.25) is 4.79 Å². The first-order valence-corrected chi connectivity index (χ1v) is 8.79. The van der Waals surface area contributed by atoms with Crippen molar-refractivity contribution in [3.8, 4) is 0 Å². The van der Waals surface area contributed by atoms with Gasteiger partial charge >= 0.3 is 6.03 Å². The number of hydrogen-bond donors (Lipinski definition) is 2. The third-order valence-corrected chi connectivity index (χ3v) is 4.74. The van der Waals surface area contributed by atoms with Crippen LogP contribution in [0.1, 0.15) is 33.1 Å². The van der Waals surface area contributed by atoms with Gasteiger partial charge in [0.05, 0.1) is 6.54 Å². The quantitative estimate of drug-likeness (QED) is 0.895. The second-order valence-corrected chi connectivity index (χ2v) is 7.07. The highest BCUT2D eigenvalue weighted by molar-refractivity contribution is 7.11. The lowest BCUT2D eigenvalue weighted by molar-refractivity contribution is 0.0793. The molecule has 126 valence electrons. The maximum absolute atomic E-state index is 12.4. The van der Waals surface area contributed by atoms with Crippen LogP contribution in [0.3, 0.4) is 0 Å². The lowest BCUT2D eigenvalue weighted by atomic mass is 10.2. The normalized spacial score (nSPS) is 13.8. The highest BCUT2D eigenvalue weighted by atomic mass is 32.1. The van der Waals surface area contributed by atoms with Gasteiger partial charge in [-0.2, -0.15) is 0 Å². The Labute approximate surface area is 144 Å². The number of hydrogen-bond acceptors (Lipinski definition) is 4. The van der Waals surface area contributed by atoms with E-state index in [-0.39, 0.29) is 11.9 Å². The molecule has 0 unspecified atom stereocenters. The van der Waals surface area contributed by atoms with E-state index in [1.807, 2.05) is 11.8 Å². The summed E-state index contributed by atoms with van der Waals surface area (Å²) in [7, 11) is 0. The van der Waals surface area contributed by atoms with Gasteiger partial charge in [0.2, 0.25) is 0 Å². The van der Waals surface area contributed by atoms with Crippen molar-refractivity contribution in [1.29, 1.82) is 0 Å². The zero-order valence-electron chi connectivity index (χ0n) is 13.5. The molecule has 1 aromatic heterocycles. The first-order chi connectivity index (χ1) is 11.6. The van der Waals surface area contributed by atoms with Crippen molar-refractivity contribution < 1.29 is 9.59 Å². The summed E-state index contributed by atoms with van der Waals surface area (Å²) in [5.41, 5.74) is 1.21. The maximum Gasteiger partial charge on any atom is 0.319 e. The van der Waals surface area contributed by atoms with Gasteiger partial charge in [-0.25, -0.2) is 9.78 Å². The Hall–Kier alpha value is -2.41.